The molecule has 0 aromatic rings. The molecule has 0 radical (unpaired) electrons. The molecule has 2 aliphatic rings. The molecule has 1 aliphatic heterocycles. The van der Waals surface area contributed by atoms with Crippen LogP contribution >= 0.6 is 0 Å². The van der Waals surface area contributed by atoms with Crippen molar-refractivity contribution in [2.45, 2.75) is 84.1 Å². The highest BCUT2D eigenvalue weighted by Gasteiger charge is 2.39. The maximum Gasteiger partial charge on any atom is 0.226 e. The maximum absolute atomic E-state index is 12.9. The van der Waals surface area contributed by atoms with E-state index in [4.69, 9.17) is 0 Å². The van der Waals surface area contributed by atoms with Gasteiger partial charge in [-0.25, -0.2) is 0 Å². The summed E-state index contributed by atoms with van der Waals surface area (Å²) in [6.45, 7) is 6.41. The van der Waals surface area contributed by atoms with Gasteiger partial charge in [0.15, 0.2) is 0 Å². The maximum atomic E-state index is 12.9. The molecule has 1 amide bonds. The average molecular weight is 294 g/mol. The molecule has 0 aromatic carbocycles. The molecule has 1 saturated heterocycles. The lowest BCUT2D eigenvalue weighted by molar-refractivity contribution is -0.134. The summed E-state index contributed by atoms with van der Waals surface area (Å²) >= 11 is 0. The van der Waals surface area contributed by atoms with E-state index in [9.17, 15) is 4.79 Å². The van der Waals surface area contributed by atoms with Gasteiger partial charge in [0.25, 0.3) is 0 Å². The minimum Gasteiger partial charge on any atom is -0.353 e. The molecule has 2 rings (SSSR count). The highest BCUT2D eigenvalue weighted by atomic mass is 16.2. The van der Waals surface area contributed by atoms with Crippen LogP contribution in [-0.2, 0) is 4.79 Å². The van der Waals surface area contributed by atoms with Gasteiger partial charge in [0.2, 0.25) is 5.91 Å². The Morgan fingerprint density at radius 1 is 1.19 bits per heavy atom. The molecule has 1 aliphatic carbocycles. The van der Waals surface area contributed by atoms with Gasteiger partial charge in [-0.2, -0.15) is 0 Å². The van der Waals surface area contributed by atoms with Crippen molar-refractivity contribution in [1.29, 1.82) is 0 Å². The van der Waals surface area contributed by atoms with E-state index < -0.39 is 0 Å². The molecule has 2 fully saturated rings. The molecule has 21 heavy (non-hydrogen) atoms. The SMILES string of the molecule is CCCC1(C(=O)N[C@H](C)C2CCCCCC2)CCNCC1. The van der Waals surface area contributed by atoms with Gasteiger partial charge >= 0.3 is 0 Å². The van der Waals surface area contributed by atoms with E-state index in [-0.39, 0.29) is 5.41 Å². The molecule has 1 atom stereocenters. The van der Waals surface area contributed by atoms with Crippen LogP contribution in [0.2, 0.25) is 0 Å². The molecular formula is C18H34N2O. The van der Waals surface area contributed by atoms with Gasteiger partial charge < -0.3 is 10.6 Å². The van der Waals surface area contributed by atoms with Crippen LogP contribution in [0, 0.1) is 11.3 Å². The predicted octanol–water partition coefficient (Wildman–Crippen LogP) is 3.63. The van der Waals surface area contributed by atoms with E-state index >= 15 is 0 Å². The first kappa shape index (κ1) is 16.8. The van der Waals surface area contributed by atoms with E-state index in [1.165, 1.54) is 38.5 Å². The minimum atomic E-state index is -0.0982. The largest absolute Gasteiger partial charge is 0.353 e. The standard InChI is InChI=1S/C18H34N2O/c1-3-10-18(11-13-19-14-12-18)17(21)20-15(2)16-8-6-4-5-7-9-16/h15-16,19H,3-14H2,1-2H3,(H,20,21)/t15-/m1/s1. The van der Waals surface area contributed by atoms with Crippen LogP contribution in [0.3, 0.4) is 0 Å². The van der Waals surface area contributed by atoms with E-state index in [2.05, 4.69) is 24.5 Å². The van der Waals surface area contributed by atoms with Gasteiger partial charge in [-0.1, -0.05) is 39.0 Å². The molecule has 3 nitrogen and oxygen atoms in total. The van der Waals surface area contributed by atoms with E-state index in [1.54, 1.807) is 0 Å². The summed E-state index contributed by atoms with van der Waals surface area (Å²) in [5, 5.41) is 6.80. The molecular weight excluding hydrogens is 260 g/mol. The van der Waals surface area contributed by atoms with Gasteiger partial charge in [0.1, 0.15) is 0 Å². The monoisotopic (exact) mass is 294 g/mol. The van der Waals surface area contributed by atoms with Gasteiger partial charge in [0.05, 0.1) is 5.41 Å². The number of amides is 1. The fourth-order valence-electron chi connectivity index (χ4n) is 4.26. The van der Waals surface area contributed by atoms with Crippen LogP contribution in [0.15, 0.2) is 0 Å². The molecule has 2 N–H and O–H groups in total. The molecule has 122 valence electrons. The van der Waals surface area contributed by atoms with Crippen molar-refractivity contribution in [3.63, 3.8) is 0 Å². The highest BCUT2D eigenvalue weighted by Crippen LogP contribution is 2.35. The zero-order valence-corrected chi connectivity index (χ0v) is 14.0. The van der Waals surface area contributed by atoms with Crippen molar-refractivity contribution in [2.24, 2.45) is 11.3 Å². The summed E-state index contributed by atoms with van der Waals surface area (Å²) in [5.41, 5.74) is -0.0982. The number of piperidine rings is 1. The molecule has 0 spiro atoms. The number of carbonyl (C=O) groups excluding carboxylic acids is 1. The second-order valence-electron chi connectivity index (χ2n) is 7.29. The quantitative estimate of drug-likeness (QED) is 0.760. The summed E-state index contributed by atoms with van der Waals surface area (Å²) in [7, 11) is 0. The Morgan fingerprint density at radius 3 is 2.38 bits per heavy atom. The van der Waals surface area contributed by atoms with Crippen molar-refractivity contribution in [2.75, 3.05) is 13.1 Å². The lowest BCUT2D eigenvalue weighted by atomic mass is 9.74. The lowest BCUT2D eigenvalue weighted by Gasteiger charge is -2.38. The van der Waals surface area contributed by atoms with Crippen molar-refractivity contribution < 1.29 is 4.79 Å². The fraction of sp³-hybridized carbons (Fsp3) is 0.944. The minimum absolute atomic E-state index is 0.0982. The first-order valence-electron chi connectivity index (χ1n) is 9.19. The van der Waals surface area contributed by atoms with Gasteiger partial charge in [-0.15, -0.1) is 0 Å². The molecule has 1 heterocycles. The second kappa shape index (κ2) is 8.17. The third-order valence-electron chi connectivity index (χ3n) is 5.74. The Labute approximate surface area is 130 Å². The van der Waals surface area contributed by atoms with E-state index in [1.807, 2.05) is 0 Å². The number of nitrogens with one attached hydrogen (secondary N) is 2. The molecule has 3 heteroatoms. The normalized spacial score (nSPS) is 25.0. The average Bonchev–Trinajstić information content (AvgIpc) is 2.77. The fourth-order valence-corrected chi connectivity index (χ4v) is 4.26. The van der Waals surface area contributed by atoms with Crippen LogP contribution in [0.1, 0.15) is 78.1 Å². The van der Waals surface area contributed by atoms with Crippen LogP contribution in [0.5, 0.6) is 0 Å². The summed E-state index contributed by atoms with van der Waals surface area (Å²) in [6.07, 6.45) is 12.2. The Hall–Kier alpha value is -0.570. The molecule has 1 saturated carbocycles. The summed E-state index contributed by atoms with van der Waals surface area (Å²) in [4.78, 5) is 12.9. The molecule has 0 unspecified atom stereocenters. The van der Waals surface area contributed by atoms with Gasteiger partial charge in [0, 0.05) is 6.04 Å². The number of rotatable bonds is 5. The number of hydrogen-bond donors (Lipinski definition) is 2. The third-order valence-corrected chi connectivity index (χ3v) is 5.74. The highest BCUT2D eigenvalue weighted by molar-refractivity contribution is 5.83. The third kappa shape index (κ3) is 4.45. The van der Waals surface area contributed by atoms with Gasteiger partial charge in [-0.05, 0) is 58.0 Å². The first-order chi connectivity index (χ1) is 10.2. The Kier molecular flexibility index (Phi) is 6.53. The summed E-state index contributed by atoms with van der Waals surface area (Å²) < 4.78 is 0. The van der Waals surface area contributed by atoms with Crippen LogP contribution < -0.4 is 10.6 Å². The van der Waals surface area contributed by atoms with E-state index in [0.717, 1.165) is 38.8 Å². The Balaban J connectivity index is 1.93. The smallest absolute Gasteiger partial charge is 0.226 e. The lowest BCUT2D eigenvalue weighted by Crippen LogP contribution is -2.51. The number of hydrogen-bond acceptors (Lipinski definition) is 2. The van der Waals surface area contributed by atoms with Crippen LogP contribution in [0.4, 0.5) is 0 Å². The molecule has 0 aromatic heterocycles. The zero-order chi connectivity index (χ0) is 15.1. The van der Waals surface area contributed by atoms with Crippen molar-refractivity contribution >= 4 is 5.91 Å². The van der Waals surface area contributed by atoms with Crippen LogP contribution in [-0.4, -0.2) is 25.0 Å². The van der Waals surface area contributed by atoms with Crippen molar-refractivity contribution in [1.82, 2.24) is 10.6 Å². The van der Waals surface area contributed by atoms with E-state index in [0.29, 0.717) is 17.9 Å². The predicted molar refractivity (Wildman–Crippen MR) is 88.2 cm³/mol. The summed E-state index contributed by atoms with van der Waals surface area (Å²) in [6, 6.07) is 0.346. The Bertz CT molecular complexity index is 310. The molecule has 0 bridgehead atoms. The topological polar surface area (TPSA) is 41.1 Å². The second-order valence-corrected chi connectivity index (χ2v) is 7.29. The van der Waals surface area contributed by atoms with Crippen molar-refractivity contribution in [3.05, 3.63) is 0 Å². The van der Waals surface area contributed by atoms with Gasteiger partial charge in [-0.3, -0.25) is 4.79 Å². The zero-order valence-electron chi connectivity index (χ0n) is 14.0. The van der Waals surface area contributed by atoms with Crippen LogP contribution in [0.25, 0.3) is 0 Å². The van der Waals surface area contributed by atoms with Crippen molar-refractivity contribution in [3.8, 4) is 0 Å². The Morgan fingerprint density at radius 2 is 1.81 bits per heavy atom. The summed E-state index contributed by atoms with van der Waals surface area (Å²) in [5.74, 6) is 1.03. The first-order valence-corrected chi connectivity index (χ1v) is 9.19. The number of carbonyl (C=O) groups is 1.